The summed E-state index contributed by atoms with van der Waals surface area (Å²) in [5.41, 5.74) is 4.93. The molecule has 0 spiro atoms. The number of hydrogen-bond donors (Lipinski definition) is 2. The Morgan fingerprint density at radius 3 is 2.76 bits per heavy atom. The molecule has 0 radical (unpaired) electrons. The molecule has 1 atom stereocenters. The molecule has 4 nitrogen and oxygen atoms in total. The largest absolute Gasteiger partial charge is 0.391 e. The van der Waals surface area contributed by atoms with Crippen LogP contribution >= 0.6 is 12.2 Å². The molecule has 1 heterocycles. The first-order chi connectivity index (χ1) is 7.89. The van der Waals surface area contributed by atoms with Crippen LogP contribution in [0.2, 0.25) is 0 Å². The van der Waals surface area contributed by atoms with Crippen molar-refractivity contribution in [1.82, 2.24) is 10.3 Å². The number of nitrogens with zero attached hydrogens (tertiary/aromatic N) is 1. The highest BCUT2D eigenvalue weighted by molar-refractivity contribution is 7.80. The van der Waals surface area contributed by atoms with E-state index >= 15 is 0 Å². The number of pyridine rings is 1. The average molecular weight is 255 g/mol. The van der Waals surface area contributed by atoms with Crippen LogP contribution in [0.3, 0.4) is 0 Å². The minimum Gasteiger partial charge on any atom is -0.391 e. The predicted octanol–water partition coefficient (Wildman–Crippen LogP) is 1.41. The Kier molecular flexibility index (Phi) is 4.11. The molecule has 1 rings (SSSR count). The minimum atomic E-state index is -0.779. The van der Waals surface area contributed by atoms with Gasteiger partial charge in [0.15, 0.2) is 0 Å². The smallest absolute Gasteiger partial charge is 0.253 e. The van der Waals surface area contributed by atoms with Gasteiger partial charge in [0.1, 0.15) is 5.82 Å². The monoisotopic (exact) mass is 255 g/mol. The fourth-order valence-corrected chi connectivity index (χ4v) is 1.38. The van der Waals surface area contributed by atoms with Gasteiger partial charge in [0.05, 0.1) is 22.3 Å². The molecule has 0 bridgehead atoms. The van der Waals surface area contributed by atoms with Crippen molar-refractivity contribution in [3.63, 3.8) is 0 Å². The van der Waals surface area contributed by atoms with Crippen LogP contribution in [0.5, 0.6) is 0 Å². The van der Waals surface area contributed by atoms with Crippen molar-refractivity contribution in [1.29, 1.82) is 0 Å². The molecule has 92 valence electrons. The Hall–Kier alpha value is -1.56. The fraction of sp³-hybridized carbons (Fsp3) is 0.364. The average Bonchev–Trinajstić information content (AvgIpc) is 2.28. The van der Waals surface area contributed by atoms with E-state index < -0.39 is 17.3 Å². The number of rotatable bonds is 4. The summed E-state index contributed by atoms with van der Waals surface area (Å²) >= 11 is 4.90. The summed E-state index contributed by atoms with van der Waals surface area (Å²) < 4.78 is 12.9. The van der Waals surface area contributed by atoms with Gasteiger partial charge in [-0.25, -0.2) is 4.39 Å². The maximum Gasteiger partial charge on any atom is 0.253 e. The number of amides is 1. The third-order valence-corrected chi connectivity index (χ3v) is 3.06. The zero-order valence-electron chi connectivity index (χ0n) is 9.66. The molecular weight excluding hydrogens is 241 g/mol. The summed E-state index contributed by atoms with van der Waals surface area (Å²) in [6.07, 6.45) is 2.87. The second kappa shape index (κ2) is 5.18. The van der Waals surface area contributed by atoms with Gasteiger partial charge in [0.2, 0.25) is 0 Å². The lowest BCUT2D eigenvalue weighted by Crippen LogP contribution is -2.54. The second-order valence-corrected chi connectivity index (χ2v) is 4.34. The van der Waals surface area contributed by atoms with Crippen molar-refractivity contribution >= 4 is 23.1 Å². The Morgan fingerprint density at radius 1 is 1.65 bits per heavy atom. The second-order valence-electron chi connectivity index (χ2n) is 3.90. The van der Waals surface area contributed by atoms with E-state index in [9.17, 15) is 9.18 Å². The molecular formula is C11H14FN3OS. The summed E-state index contributed by atoms with van der Waals surface area (Å²) in [5.74, 6) is -1.01. The molecule has 0 aliphatic rings. The van der Waals surface area contributed by atoms with E-state index in [2.05, 4.69) is 10.3 Å². The van der Waals surface area contributed by atoms with Crippen molar-refractivity contribution in [3.8, 4) is 0 Å². The van der Waals surface area contributed by atoms with E-state index in [1.165, 1.54) is 6.20 Å². The van der Waals surface area contributed by atoms with Crippen LogP contribution in [0.4, 0.5) is 4.39 Å². The van der Waals surface area contributed by atoms with E-state index in [0.717, 1.165) is 12.3 Å². The summed E-state index contributed by atoms with van der Waals surface area (Å²) in [6, 6.07) is 1.11. The quantitative estimate of drug-likeness (QED) is 0.798. The van der Waals surface area contributed by atoms with Crippen LogP contribution in [0, 0.1) is 5.82 Å². The number of nitrogens with two attached hydrogens (primary N) is 1. The van der Waals surface area contributed by atoms with Crippen LogP contribution in [0.1, 0.15) is 30.6 Å². The Bertz CT molecular complexity index is 452. The van der Waals surface area contributed by atoms with Gasteiger partial charge in [-0.2, -0.15) is 0 Å². The first-order valence-corrected chi connectivity index (χ1v) is 5.53. The molecule has 1 aromatic heterocycles. The van der Waals surface area contributed by atoms with E-state index in [0.29, 0.717) is 6.42 Å². The molecule has 0 saturated heterocycles. The molecule has 0 aliphatic heterocycles. The van der Waals surface area contributed by atoms with Gasteiger partial charge in [-0.15, -0.1) is 0 Å². The first-order valence-electron chi connectivity index (χ1n) is 5.12. The van der Waals surface area contributed by atoms with E-state index in [-0.39, 0.29) is 10.6 Å². The number of aromatic nitrogens is 1. The molecule has 0 fully saturated rings. The van der Waals surface area contributed by atoms with E-state index in [1.54, 1.807) is 6.92 Å². The third-order valence-electron chi connectivity index (χ3n) is 2.61. The summed E-state index contributed by atoms with van der Waals surface area (Å²) in [5, 5.41) is 2.67. The van der Waals surface area contributed by atoms with Gasteiger partial charge in [0, 0.05) is 6.20 Å². The Balaban J connectivity index is 2.89. The van der Waals surface area contributed by atoms with E-state index in [1.807, 2.05) is 6.92 Å². The van der Waals surface area contributed by atoms with Crippen LogP contribution in [0.15, 0.2) is 18.5 Å². The van der Waals surface area contributed by atoms with Crippen LogP contribution in [-0.2, 0) is 0 Å². The van der Waals surface area contributed by atoms with Crippen molar-refractivity contribution < 1.29 is 9.18 Å². The van der Waals surface area contributed by atoms with Crippen LogP contribution in [-0.4, -0.2) is 21.4 Å². The zero-order chi connectivity index (χ0) is 13.1. The molecule has 17 heavy (non-hydrogen) atoms. The molecule has 0 aromatic carbocycles. The Morgan fingerprint density at radius 2 is 2.29 bits per heavy atom. The van der Waals surface area contributed by atoms with Gasteiger partial charge in [-0.3, -0.25) is 9.78 Å². The van der Waals surface area contributed by atoms with Crippen LogP contribution < -0.4 is 11.1 Å². The van der Waals surface area contributed by atoms with Gasteiger partial charge in [-0.05, 0) is 19.4 Å². The van der Waals surface area contributed by atoms with Crippen molar-refractivity contribution in [3.05, 3.63) is 29.8 Å². The van der Waals surface area contributed by atoms with E-state index in [4.69, 9.17) is 18.0 Å². The predicted molar refractivity (Wildman–Crippen MR) is 67.1 cm³/mol. The molecule has 6 heteroatoms. The van der Waals surface area contributed by atoms with Gasteiger partial charge in [-0.1, -0.05) is 19.1 Å². The SMILES string of the molecule is CCC(C)(NC(=O)c1cncc(F)c1)C(N)=S. The summed E-state index contributed by atoms with van der Waals surface area (Å²) in [7, 11) is 0. The number of carbonyl (C=O) groups is 1. The van der Waals surface area contributed by atoms with Crippen molar-refractivity contribution in [2.45, 2.75) is 25.8 Å². The lowest BCUT2D eigenvalue weighted by atomic mass is 9.98. The highest BCUT2D eigenvalue weighted by atomic mass is 32.1. The zero-order valence-corrected chi connectivity index (χ0v) is 10.5. The molecule has 1 amide bonds. The lowest BCUT2D eigenvalue weighted by molar-refractivity contribution is 0.0925. The summed E-state index contributed by atoms with van der Waals surface area (Å²) in [4.78, 5) is 15.6. The van der Waals surface area contributed by atoms with Crippen molar-refractivity contribution in [2.75, 3.05) is 0 Å². The number of nitrogens with one attached hydrogen (secondary N) is 1. The lowest BCUT2D eigenvalue weighted by Gasteiger charge is -2.28. The standard InChI is InChI=1S/C11H14FN3OS/c1-3-11(2,10(13)17)15-9(16)7-4-8(12)6-14-5-7/h4-6H,3H2,1-2H3,(H2,13,17)(H,15,16). The number of carbonyl (C=O) groups excluding carboxylic acids is 1. The Labute approximate surface area is 104 Å². The van der Waals surface area contributed by atoms with Gasteiger partial charge >= 0.3 is 0 Å². The molecule has 1 unspecified atom stereocenters. The maximum absolute atomic E-state index is 12.9. The van der Waals surface area contributed by atoms with Gasteiger partial charge < -0.3 is 11.1 Å². The number of halogens is 1. The topological polar surface area (TPSA) is 68.0 Å². The third kappa shape index (κ3) is 3.20. The molecule has 3 N–H and O–H groups in total. The minimum absolute atomic E-state index is 0.140. The maximum atomic E-state index is 12.9. The number of thiocarbonyl (C=S) groups is 1. The van der Waals surface area contributed by atoms with Gasteiger partial charge in [0.25, 0.3) is 5.91 Å². The fourth-order valence-electron chi connectivity index (χ4n) is 1.18. The number of hydrogen-bond acceptors (Lipinski definition) is 3. The van der Waals surface area contributed by atoms with Crippen LogP contribution in [0.25, 0.3) is 0 Å². The molecule has 0 saturated carbocycles. The highest BCUT2D eigenvalue weighted by Gasteiger charge is 2.28. The molecule has 0 aliphatic carbocycles. The first kappa shape index (κ1) is 13.5. The van der Waals surface area contributed by atoms with Crippen molar-refractivity contribution in [2.24, 2.45) is 5.73 Å². The summed E-state index contributed by atoms with van der Waals surface area (Å²) in [6.45, 7) is 3.57. The normalized spacial score (nSPS) is 13.8. The molecule has 1 aromatic rings. The highest BCUT2D eigenvalue weighted by Crippen LogP contribution is 2.11.